The molecule has 0 bridgehead atoms. The molecule has 0 atom stereocenters. The van der Waals surface area contributed by atoms with Gasteiger partial charge >= 0.3 is 0 Å². The Morgan fingerprint density at radius 3 is 2.80 bits per heavy atom. The zero-order chi connectivity index (χ0) is 18.0. The first kappa shape index (κ1) is 17.0. The normalized spacial score (nSPS) is 12.9. The number of thiophene rings is 1. The molecule has 3 rings (SSSR count). The van der Waals surface area contributed by atoms with Crippen LogP contribution in [-0.4, -0.2) is 30.4 Å². The quantitative estimate of drug-likeness (QED) is 0.918. The van der Waals surface area contributed by atoms with Crippen LogP contribution in [0.2, 0.25) is 0 Å². The number of ether oxygens (including phenoxy) is 1. The molecule has 0 saturated heterocycles. The van der Waals surface area contributed by atoms with Gasteiger partial charge in [-0.25, -0.2) is 0 Å². The SMILES string of the molecule is COc1ccccc1C(=O)Nc1sc2c(c1C#N)CCN(C(C)=O)C2. The second-order valence-corrected chi connectivity index (χ2v) is 6.77. The summed E-state index contributed by atoms with van der Waals surface area (Å²) in [5.41, 5.74) is 1.83. The minimum atomic E-state index is -0.323. The lowest BCUT2D eigenvalue weighted by Gasteiger charge is -2.25. The Labute approximate surface area is 149 Å². The molecule has 2 aromatic rings. The summed E-state index contributed by atoms with van der Waals surface area (Å²) in [6, 6.07) is 9.12. The third kappa shape index (κ3) is 3.21. The van der Waals surface area contributed by atoms with Crippen molar-refractivity contribution in [3.05, 3.63) is 45.8 Å². The van der Waals surface area contributed by atoms with Gasteiger partial charge in [-0.2, -0.15) is 5.26 Å². The molecule has 0 radical (unpaired) electrons. The van der Waals surface area contributed by atoms with Gasteiger partial charge in [0.15, 0.2) is 0 Å². The Hall–Kier alpha value is -2.85. The molecular weight excluding hydrogens is 338 g/mol. The van der Waals surface area contributed by atoms with Crippen molar-refractivity contribution in [2.45, 2.75) is 19.9 Å². The van der Waals surface area contributed by atoms with Gasteiger partial charge in [0.1, 0.15) is 16.8 Å². The standard InChI is InChI=1S/C18H17N3O3S/c1-11(22)21-8-7-12-14(9-19)18(25-16(12)10-21)20-17(23)13-5-3-4-6-15(13)24-2/h3-6H,7-8,10H2,1-2H3,(H,20,23). The number of methoxy groups -OCH3 is 1. The third-order valence-electron chi connectivity index (χ3n) is 4.19. The Balaban J connectivity index is 1.90. The second kappa shape index (κ2) is 6.95. The zero-order valence-corrected chi connectivity index (χ0v) is 14.8. The summed E-state index contributed by atoms with van der Waals surface area (Å²) in [6.45, 7) is 2.61. The average molecular weight is 355 g/mol. The maximum absolute atomic E-state index is 12.6. The Kier molecular flexibility index (Phi) is 4.72. The lowest BCUT2D eigenvalue weighted by molar-refractivity contribution is -0.129. The maximum atomic E-state index is 12.6. The van der Waals surface area contributed by atoms with Gasteiger partial charge in [-0.1, -0.05) is 12.1 Å². The lowest BCUT2D eigenvalue weighted by atomic mass is 10.0. The van der Waals surface area contributed by atoms with Gasteiger partial charge in [-0.3, -0.25) is 9.59 Å². The number of fused-ring (bicyclic) bond motifs is 1. The first-order valence-corrected chi connectivity index (χ1v) is 8.61. The molecule has 7 heteroatoms. The van der Waals surface area contributed by atoms with Crippen molar-refractivity contribution in [3.63, 3.8) is 0 Å². The molecule has 0 saturated carbocycles. The first-order valence-electron chi connectivity index (χ1n) is 7.79. The van der Waals surface area contributed by atoms with Crippen LogP contribution in [0.1, 0.15) is 33.3 Å². The lowest BCUT2D eigenvalue weighted by Crippen LogP contribution is -2.33. The molecule has 1 N–H and O–H groups in total. The minimum absolute atomic E-state index is 0.0113. The van der Waals surface area contributed by atoms with E-state index >= 15 is 0 Å². The largest absolute Gasteiger partial charge is 0.496 e. The van der Waals surface area contributed by atoms with Crippen LogP contribution in [0.15, 0.2) is 24.3 Å². The maximum Gasteiger partial charge on any atom is 0.260 e. The van der Waals surface area contributed by atoms with Crippen molar-refractivity contribution in [1.29, 1.82) is 5.26 Å². The highest BCUT2D eigenvalue weighted by Crippen LogP contribution is 2.37. The van der Waals surface area contributed by atoms with Gasteiger partial charge in [-0.05, 0) is 24.1 Å². The molecule has 128 valence electrons. The van der Waals surface area contributed by atoms with Crippen LogP contribution in [0.5, 0.6) is 5.75 Å². The molecule has 6 nitrogen and oxygen atoms in total. The number of benzene rings is 1. The smallest absolute Gasteiger partial charge is 0.260 e. The molecule has 2 heterocycles. The Bertz CT molecular complexity index is 882. The Morgan fingerprint density at radius 1 is 1.36 bits per heavy atom. The highest BCUT2D eigenvalue weighted by molar-refractivity contribution is 7.16. The first-order chi connectivity index (χ1) is 12.0. The van der Waals surface area contributed by atoms with E-state index in [4.69, 9.17) is 4.74 Å². The molecule has 0 fully saturated rings. The number of nitrogens with zero attached hydrogens (tertiary/aromatic N) is 2. The number of hydrogen-bond donors (Lipinski definition) is 1. The fraction of sp³-hybridized carbons (Fsp3) is 0.278. The summed E-state index contributed by atoms with van der Waals surface area (Å²) in [5, 5.41) is 12.9. The van der Waals surface area contributed by atoms with E-state index in [9.17, 15) is 14.9 Å². The van der Waals surface area contributed by atoms with Crippen molar-refractivity contribution < 1.29 is 14.3 Å². The summed E-state index contributed by atoms with van der Waals surface area (Å²) in [5.74, 6) is 0.163. The van der Waals surface area contributed by atoms with Gasteiger partial charge in [0.05, 0.1) is 24.8 Å². The van der Waals surface area contributed by atoms with Crippen LogP contribution in [0.4, 0.5) is 5.00 Å². The molecule has 2 amide bonds. The zero-order valence-electron chi connectivity index (χ0n) is 14.0. The van der Waals surface area contributed by atoms with Crippen LogP contribution in [0, 0.1) is 11.3 Å². The van der Waals surface area contributed by atoms with Crippen molar-refractivity contribution >= 4 is 28.2 Å². The van der Waals surface area contributed by atoms with Crippen LogP contribution in [-0.2, 0) is 17.8 Å². The highest BCUT2D eigenvalue weighted by atomic mass is 32.1. The molecule has 1 aromatic heterocycles. The number of nitriles is 1. The van der Waals surface area contributed by atoms with E-state index in [1.807, 2.05) is 0 Å². The predicted octanol–water partition coefficient (Wildman–Crippen LogP) is 2.79. The van der Waals surface area contributed by atoms with E-state index in [2.05, 4.69) is 11.4 Å². The number of hydrogen-bond acceptors (Lipinski definition) is 5. The predicted molar refractivity (Wildman–Crippen MR) is 94.8 cm³/mol. The number of amides is 2. The number of rotatable bonds is 3. The molecule has 1 aliphatic heterocycles. The average Bonchev–Trinajstić information content (AvgIpc) is 2.97. The number of para-hydroxylation sites is 1. The second-order valence-electron chi connectivity index (χ2n) is 5.66. The molecule has 0 unspecified atom stereocenters. The number of carbonyl (C=O) groups excluding carboxylic acids is 2. The van der Waals surface area contributed by atoms with E-state index in [0.29, 0.717) is 41.4 Å². The number of anilines is 1. The van der Waals surface area contributed by atoms with Crippen molar-refractivity contribution in [2.24, 2.45) is 0 Å². The third-order valence-corrected chi connectivity index (χ3v) is 5.32. The summed E-state index contributed by atoms with van der Waals surface area (Å²) in [4.78, 5) is 26.9. The van der Waals surface area contributed by atoms with Gasteiger partial charge in [-0.15, -0.1) is 11.3 Å². The van der Waals surface area contributed by atoms with E-state index in [1.165, 1.54) is 25.4 Å². The van der Waals surface area contributed by atoms with E-state index in [0.717, 1.165) is 10.4 Å². The summed E-state index contributed by atoms with van der Waals surface area (Å²) in [6.07, 6.45) is 0.624. The monoisotopic (exact) mass is 355 g/mol. The fourth-order valence-corrected chi connectivity index (χ4v) is 4.09. The molecule has 0 aliphatic carbocycles. The molecule has 1 aliphatic rings. The summed E-state index contributed by atoms with van der Waals surface area (Å²) < 4.78 is 5.22. The van der Waals surface area contributed by atoms with Gasteiger partial charge in [0.25, 0.3) is 5.91 Å². The van der Waals surface area contributed by atoms with Crippen LogP contribution >= 0.6 is 11.3 Å². The van der Waals surface area contributed by atoms with Crippen LogP contribution in [0.3, 0.4) is 0 Å². The summed E-state index contributed by atoms with van der Waals surface area (Å²) >= 11 is 1.35. The number of carbonyl (C=O) groups is 2. The highest BCUT2D eigenvalue weighted by Gasteiger charge is 2.26. The molecule has 0 spiro atoms. The topological polar surface area (TPSA) is 82.4 Å². The van der Waals surface area contributed by atoms with Crippen LogP contribution in [0.25, 0.3) is 0 Å². The molecule has 25 heavy (non-hydrogen) atoms. The van der Waals surface area contributed by atoms with Crippen molar-refractivity contribution in [3.8, 4) is 11.8 Å². The van der Waals surface area contributed by atoms with E-state index < -0.39 is 0 Å². The molecular formula is C18H17N3O3S. The van der Waals surface area contributed by atoms with Gasteiger partial charge in [0.2, 0.25) is 5.91 Å². The van der Waals surface area contributed by atoms with E-state index in [1.54, 1.807) is 29.2 Å². The minimum Gasteiger partial charge on any atom is -0.496 e. The number of nitrogens with one attached hydrogen (secondary N) is 1. The summed E-state index contributed by atoms with van der Waals surface area (Å²) in [7, 11) is 1.51. The fourth-order valence-electron chi connectivity index (χ4n) is 2.88. The van der Waals surface area contributed by atoms with Crippen molar-refractivity contribution in [1.82, 2.24) is 4.90 Å². The van der Waals surface area contributed by atoms with Gasteiger partial charge < -0.3 is 15.0 Å². The van der Waals surface area contributed by atoms with E-state index in [-0.39, 0.29) is 11.8 Å². The van der Waals surface area contributed by atoms with Gasteiger partial charge in [0, 0.05) is 18.3 Å². The van der Waals surface area contributed by atoms with Crippen molar-refractivity contribution in [2.75, 3.05) is 19.0 Å². The van der Waals surface area contributed by atoms with Crippen LogP contribution < -0.4 is 10.1 Å². The molecule has 1 aromatic carbocycles. The Morgan fingerprint density at radius 2 is 2.12 bits per heavy atom.